The molecule has 0 fully saturated rings. The normalized spacial score (nSPS) is 11.2. The molecule has 0 saturated carbocycles. The van der Waals surface area contributed by atoms with Crippen LogP contribution in [0, 0.1) is 0 Å². The number of thiazole rings is 1. The summed E-state index contributed by atoms with van der Waals surface area (Å²) in [7, 11) is -3.58. The van der Waals surface area contributed by atoms with Crippen molar-refractivity contribution in [1.29, 1.82) is 0 Å². The van der Waals surface area contributed by atoms with Crippen molar-refractivity contribution < 1.29 is 13.2 Å². The lowest BCUT2D eigenvalue weighted by atomic mass is 10.4. The number of sulfone groups is 1. The summed E-state index contributed by atoms with van der Waals surface area (Å²) < 4.78 is 23.9. The Hall–Kier alpha value is -1.53. The molecule has 6 heteroatoms. The Labute approximate surface area is 96.5 Å². The predicted molar refractivity (Wildman–Crippen MR) is 59.4 cm³/mol. The van der Waals surface area contributed by atoms with E-state index in [0.717, 1.165) is 11.3 Å². The summed E-state index contributed by atoms with van der Waals surface area (Å²) in [5, 5.41) is 0. The third kappa shape index (κ3) is 1.89. The van der Waals surface area contributed by atoms with Crippen LogP contribution < -0.4 is 0 Å². The van der Waals surface area contributed by atoms with Crippen molar-refractivity contribution in [3.05, 3.63) is 41.4 Å². The van der Waals surface area contributed by atoms with Gasteiger partial charge in [-0.25, -0.2) is 13.4 Å². The molecular weight excluding hydrogens is 246 g/mol. The minimum Gasteiger partial charge on any atom is -0.297 e. The van der Waals surface area contributed by atoms with Crippen molar-refractivity contribution in [2.75, 3.05) is 0 Å². The molecular formula is C10H7NO3S2. The maximum Gasteiger partial charge on any atom is 0.233 e. The first kappa shape index (κ1) is 11.0. The molecule has 0 radical (unpaired) electrons. The molecule has 0 amide bonds. The molecule has 0 bridgehead atoms. The second-order valence-corrected chi connectivity index (χ2v) is 6.15. The Morgan fingerprint density at radius 1 is 1.19 bits per heavy atom. The summed E-state index contributed by atoms with van der Waals surface area (Å²) in [5.41, 5.74) is 0. The molecule has 0 unspecified atom stereocenters. The van der Waals surface area contributed by atoms with Gasteiger partial charge in [0.1, 0.15) is 0 Å². The Balaban J connectivity index is 2.51. The number of aromatic nitrogens is 1. The lowest BCUT2D eigenvalue weighted by Gasteiger charge is -1.98. The van der Waals surface area contributed by atoms with Crippen LogP contribution in [0.25, 0.3) is 0 Å². The highest BCUT2D eigenvalue weighted by Gasteiger charge is 2.21. The Bertz CT molecular complexity index is 602. The average Bonchev–Trinajstić information content (AvgIpc) is 2.79. The van der Waals surface area contributed by atoms with Gasteiger partial charge in [0.15, 0.2) is 6.29 Å². The van der Waals surface area contributed by atoms with E-state index in [1.54, 1.807) is 18.2 Å². The SMILES string of the molecule is O=Cc1cnc(S(=O)(=O)c2ccccc2)s1. The zero-order valence-electron chi connectivity index (χ0n) is 8.03. The second-order valence-electron chi connectivity index (χ2n) is 2.96. The minimum atomic E-state index is -3.58. The molecule has 4 nitrogen and oxygen atoms in total. The smallest absolute Gasteiger partial charge is 0.233 e. The molecule has 1 aromatic carbocycles. The number of hydrogen-bond acceptors (Lipinski definition) is 5. The molecule has 0 N–H and O–H groups in total. The van der Waals surface area contributed by atoms with E-state index in [2.05, 4.69) is 4.98 Å². The maximum absolute atomic E-state index is 12.0. The van der Waals surface area contributed by atoms with E-state index in [1.807, 2.05) is 0 Å². The largest absolute Gasteiger partial charge is 0.297 e. The first-order valence-electron chi connectivity index (χ1n) is 4.36. The summed E-state index contributed by atoms with van der Waals surface area (Å²) >= 11 is 0.868. The molecule has 0 aliphatic rings. The molecule has 0 atom stereocenters. The van der Waals surface area contributed by atoms with Gasteiger partial charge in [0.05, 0.1) is 9.77 Å². The number of carbonyl (C=O) groups excluding carboxylic acids is 1. The third-order valence-electron chi connectivity index (χ3n) is 1.90. The van der Waals surface area contributed by atoms with Crippen LogP contribution in [0.15, 0.2) is 45.8 Å². The fourth-order valence-electron chi connectivity index (χ4n) is 1.15. The van der Waals surface area contributed by atoms with Gasteiger partial charge in [-0.05, 0) is 12.1 Å². The summed E-state index contributed by atoms with van der Waals surface area (Å²) in [6, 6.07) is 8.01. The van der Waals surface area contributed by atoms with E-state index in [4.69, 9.17) is 0 Å². The highest BCUT2D eigenvalue weighted by molar-refractivity contribution is 7.93. The monoisotopic (exact) mass is 253 g/mol. The number of aldehydes is 1. The Morgan fingerprint density at radius 2 is 1.88 bits per heavy atom. The van der Waals surface area contributed by atoms with Gasteiger partial charge in [0, 0.05) is 6.20 Å². The van der Waals surface area contributed by atoms with Crippen LogP contribution in [-0.4, -0.2) is 19.7 Å². The molecule has 1 heterocycles. The number of benzene rings is 1. The Morgan fingerprint density at radius 3 is 2.44 bits per heavy atom. The second kappa shape index (κ2) is 4.15. The molecule has 0 aliphatic carbocycles. The van der Waals surface area contributed by atoms with E-state index in [-0.39, 0.29) is 9.24 Å². The first-order chi connectivity index (χ1) is 7.64. The fourth-order valence-corrected chi connectivity index (χ4v) is 3.53. The quantitative estimate of drug-likeness (QED) is 0.782. The fraction of sp³-hybridized carbons (Fsp3) is 0. The summed E-state index contributed by atoms with van der Waals surface area (Å²) in [5.74, 6) is 0. The average molecular weight is 253 g/mol. The Kier molecular flexibility index (Phi) is 2.84. The van der Waals surface area contributed by atoms with E-state index in [9.17, 15) is 13.2 Å². The molecule has 0 aliphatic heterocycles. The zero-order valence-corrected chi connectivity index (χ0v) is 9.66. The number of carbonyl (C=O) groups is 1. The molecule has 16 heavy (non-hydrogen) atoms. The first-order valence-corrected chi connectivity index (χ1v) is 6.66. The van der Waals surface area contributed by atoms with Crippen LogP contribution in [0.2, 0.25) is 0 Å². The molecule has 2 rings (SSSR count). The van der Waals surface area contributed by atoms with Crippen molar-refractivity contribution in [3.63, 3.8) is 0 Å². The van der Waals surface area contributed by atoms with Gasteiger partial charge in [0.2, 0.25) is 14.2 Å². The van der Waals surface area contributed by atoms with Gasteiger partial charge < -0.3 is 0 Å². The molecule has 82 valence electrons. The van der Waals surface area contributed by atoms with Gasteiger partial charge in [-0.15, -0.1) is 0 Å². The van der Waals surface area contributed by atoms with Crippen LogP contribution in [0.3, 0.4) is 0 Å². The standard InChI is InChI=1S/C10H7NO3S2/c12-7-8-6-11-10(15-8)16(13,14)9-4-2-1-3-5-9/h1-7H. The lowest BCUT2D eigenvalue weighted by molar-refractivity contribution is 0.112. The van der Waals surface area contributed by atoms with E-state index in [0.29, 0.717) is 11.2 Å². The lowest BCUT2D eigenvalue weighted by Crippen LogP contribution is -2.00. The van der Waals surface area contributed by atoms with Crippen LogP contribution in [-0.2, 0) is 9.84 Å². The maximum atomic E-state index is 12.0. The molecule has 0 spiro atoms. The van der Waals surface area contributed by atoms with Gasteiger partial charge in [-0.2, -0.15) is 0 Å². The van der Waals surface area contributed by atoms with E-state index < -0.39 is 9.84 Å². The molecule has 1 aromatic heterocycles. The highest BCUT2D eigenvalue weighted by Crippen LogP contribution is 2.23. The van der Waals surface area contributed by atoms with E-state index in [1.165, 1.54) is 18.3 Å². The van der Waals surface area contributed by atoms with Crippen molar-refractivity contribution in [3.8, 4) is 0 Å². The van der Waals surface area contributed by atoms with Crippen molar-refractivity contribution in [1.82, 2.24) is 4.98 Å². The molecule has 2 aromatic rings. The van der Waals surface area contributed by atoms with E-state index >= 15 is 0 Å². The third-order valence-corrected chi connectivity index (χ3v) is 4.99. The van der Waals surface area contributed by atoms with Crippen molar-refractivity contribution in [2.45, 2.75) is 9.24 Å². The van der Waals surface area contributed by atoms with Crippen LogP contribution in [0.4, 0.5) is 0 Å². The van der Waals surface area contributed by atoms with Gasteiger partial charge in [0.25, 0.3) is 0 Å². The topological polar surface area (TPSA) is 64.1 Å². The zero-order chi connectivity index (χ0) is 11.6. The van der Waals surface area contributed by atoms with Gasteiger partial charge in [-0.3, -0.25) is 4.79 Å². The van der Waals surface area contributed by atoms with Crippen molar-refractivity contribution in [2.24, 2.45) is 0 Å². The summed E-state index contributed by atoms with van der Waals surface area (Å²) in [6.07, 6.45) is 1.84. The minimum absolute atomic E-state index is 0.0548. The van der Waals surface area contributed by atoms with Crippen LogP contribution in [0.5, 0.6) is 0 Å². The summed E-state index contributed by atoms with van der Waals surface area (Å²) in [4.78, 5) is 14.7. The number of nitrogens with zero attached hydrogens (tertiary/aromatic N) is 1. The van der Waals surface area contributed by atoms with Gasteiger partial charge in [-0.1, -0.05) is 29.5 Å². The van der Waals surface area contributed by atoms with Gasteiger partial charge >= 0.3 is 0 Å². The summed E-state index contributed by atoms with van der Waals surface area (Å²) in [6.45, 7) is 0. The number of hydrogen-bond donors (Lipinski definition) is 0. The molecule has 0 saturated heterocycles. The predicted octanol–water partition coefficient (Wildman–Crippen LogP) is 1.79. The number of rotatable bonds is 3. The van der Waals surface area contributed by atoms with Crippen LogP contribution >= 0.6 is 11.3 Å². The van der Waals surface area contributed by atoms with Crippen LogP contribution in [0.1, 0.15) is 9.67 Å². The highest BCUT2D eigenvalue weighted by atomic mass is 32.2. The van der Waals surface area contributed by atoms with Crippen molar-refractivity contribution >= 4 is 27.5 Å².